The van der Waals surface area contributed by atoms with Crippen molar-refractivity contribution in [1.82, 2.24) is 5.32 Å². The molecule has 9 N–H and O–H groups in total. The molecule has 75 heavy (non-hydrogen) atoms. The number of carbonyl (C=O) groups is 1. The molecular weight excluding hydrogens is 955 g/mol. The topological polar surface area (TPSA) is 228 Å². The Balaban J connectivity index is 1.76. The van der Waals surface area contributed by atoms with Gasteiger partial charge in [0.05, 0.1) is 32.0 Å². The number of rotatable bonds is 47. The van der Waals surface area contributed by atoms with Crippen LogP contribution in [-0.2, 0) is 23.7 Å². The maximum atomic E-state index is 13.2. The van der Waals surface area contributed by atoms with E-state index in [1.807, 2.05) is 6.08 Å². The molecule has 2 aliphatic heterocycles. The van der Waals surface area contributed by atoms with Gasteiger partial charge in [0, 0.05) is 6.42 Å². The predicted molar refractivity (Wildman–Crippen MR) is 300 cm³/mol. The highest BCUT2D eigenvalue weighted by Crippen LogP contribution is 2.30. The molecule has 2 fully saturated rings. The van der Waals surface area contributed by atoms with Crippen molar-refractivity contribution in [2.24, 2.45) is 0 Å². The quantitative estimate of drug-likeness (QED) is 0.0204. The summed E-state index contributed by atoms with van der Waals surface area (Å²) in [5, 5.41) is 87.0. The monoisotopic (exact) mass is 1060 g/mol. The summed E-state index contributed by atoms with van der Waals surface area (Å²) in [5.74, 6) is -0.267. The van der Waals surface area contributed by atoms with E-state index < -0.39 is 86.8 Å². The van der Waals surface area contributed by atoms with Crippen LogP contribution < -0.4 is 5.32 Å². The third-order valence-corrected chi connectivity index (χ3v) is 14.4. The van der Waals surface area contributed by atoms with Gasteiger partial charge in [-0.25, -0.2) is 0 Å². The van der Waals surface area contributed by atoms with Crippen molar-refractivity contribution in [2.75, 3.05) is 19.8 Å². The molecule has 2 rings (SSSR count). The molecule has 12 unspecified atom stereocenters. The minimum Gasteiger partial charge on any atom is -0.394 e. The van der Waals surface area contributed by atoms with Gasteiger partial charge in [-0.05, 0) is 64.2 Å². The first-order valence-corrected chi connectivity index (χ1v) is 30.0. The SMILES string of the molecule is CC/C=C\C/C=C\C/C=C\CCCCCCCC(=O)NC(COC1OC(CO)C(OC2OC(CO)C(O)C(O)C2O)C(O)C1O)C(O)/C=C/CC/C=C/CCCCCCCCCCCCCCCCCCCCCC. The van der Waals surface area contributed by atoms with Gasteiger partial charge in [-0.2, -0.15) is 0 Å². The van der Waals surface area contributed by atoms with Gasteiger partial charge in [0.1, 0.15) is 48.8 Å². The zero-order chi connectivity index (χ0) is 54.6. The average Bonchev–Trinajstić information content (AvgIpc) is 3.41. The highest BCUT2D eigenvalue weighted by Gasteiger charge is 2.51. The molecule has 14 heteroatoms. The van der Waals surface area contributed by atoms with E-state index >= 15 is 0 Å². The van der Waals surface area contributed by atoms with Crippen molar-refractivity contribution in [3.8, 4) is 0 Å². The van der Waals surface area contributed by atoms with Gasteiger partial charge < -0.3 is 65.1 Å². The highest BCUT2D eigenvalue weighted by molar-refractivity contribution is 5.76. The summed E-state index contributed by atoms with van der Waals surface area (Å²) in [4.78, 5) is 13.2. The van der Waals surface area contributed by atoms with Crippen LogP contribution in [0.25, 0.3) is 0 Å². The maximum Gasteiger partial charge on any atom is 0.220 e. The van der Waals surface area contributed by atoms with E-state index in [-0.39, 0.29) is 18.9 Å². The van der Waals surface area contributed by atoms with Gasteiger partial charge >= 0.3 is 0 Å². The maximum absolute atomic E-state index is 13.2. The standard InChI is InChI=1S/C61H109NO13/c1-3-5-7-9-11-13-15-17-19-20-21-22-23-24-25-26-27-28-29-31-32-34-36-38-40-42-44-50(65)49(62-53(66)45-43-41-39-37-35-33-30-18-16-14-12-10-8-6-4-2)48-72-60-58(71)56(69)59(52(47-64)74-60)75-61-57(70)55(68)54(67)51(46-63)73-61/h6,8,12,14,18,30,34,36,42,44,49-52,54-61,63-65,67-71H,3-5,7,9-11,13,15-17,19-29,31-33,35,37-41,43,45-48H2,1-2H3,(H,62,66)/b8-6-,14-12-,30-18-,36-34+,44-42+. The van der Waals surface area contributed by atoms with E-state index in [4.69, 9.17) is 18.9 Å². The summed E-state index contributed by atoms with van der Waals surface area (Å²) in [6.45, 7) is 2.66. The Bertz CT molecular complexity index is 1490. The van der Waals surface area contributed by atoms with E-state index in [2.05, 4.69) is 67.8 Å². The molecule has 0 saturated carbocycles. The Kier molecular flexibility index (Phi) is 42.7. The third-order valence-electron chi connectivity index (χ3n) is 14.4. The van der Waals surface area contributed by atoms with Crippen molar-refractivity contribution >= 4 is 5.91 Å². The number of hydrogen-bond acceptors (Lipinski definition) is 13. The number of carbonyl (C=O) groups excluding carboxylic acids is 1. The van der Waals surface area contributed by atoms with Gasteiger partial charge in [0.15, 0.2) is 12.6 Å². The number of hydrogen-bond donors (Lipinski definition) is 9. The molecule has 0 aromatic carbocycles. The average molecular weight is 1060 g/mol. The fourth-order valence-electron chi connectivity index (χ4n) is 9.62. The van der Waals surface area contributed by atoms with Gasteiger partial charge in [-0.15, -0.1) is 0 Å². The van der Waals surface area contributed by atoms with E-state index in [1.165, 1.54) is 128 Å². The molecule has 12 atom stereocenters. The molecule has 0 aromatic rings. The normalized spacial score (nSPS) is 25.5. The summed E-state index contributed by atoms with van der Waals surface area (Å²) >= 11 is 0. The zero-order valence-corrected chi connectivity index (χ0v) is 46.8. The molecule has 0 aromatic heterocycles. The third kappa shape index (κ3) is 32.4. The van der Waals surface area contributed by atoms with Crippen LogP contribution in [0.15, 0.2) is 60.8 Å². The number of ether oxygens (including phenoxy) is 4. The molecule has 0 aliphatic carbocycles. The Morgan fingerprint density at radius 3 is 1.47 bits per heavy atom. The van der Waals surface area contributed by atoms with E-state index in [0.717, 1.165) is 64.2 Å². The number of aliphatic hydroxyl groups excluding tert-OH is 8. The number of amides is 1. The van der Waals surface area contributed by atoms with Crippen LogP contribution >= 0.6 is 0 Å². The number of aliphatic hydroxyl groups is 8. The number of nitrogens with one attached hydrogen (secondary N) is 1. The molecule has 436 valence electrons. The predicted octanol–water partition coefficient (Wildman–Crippen LogP) is 10.2. The second-order valence-electron chi connectivity index (χ2n) is 21.1. The van der Waals surface area contributed by atoms with Gasteiger partial charge in [-0.1, -0.05) is 216 Å². The van der Waals surface area contributed by atoms with Crippen molar-refractivity contribution < 1.29 is 64.6 Å². The fraction of sp³-hybridized carbons (Fsp3) is 0.820. The molecule has 14 nitrogen and oxygen atoms in total. The second kappa shape index (κ2) is 46.6. The minimum atomic E-state index is -1.79. The van der Waals surface area contributed by atoms with E-state index in [9.17, 15) is 45.6 Å². The zero-order valence-electron chi connectivity index (χ0n) is 46.8. The molecule has 0 radical (unpaired) electrons. The summed E-state index contributed by atoms with van der Waals surface area (Å²) < 4.78 is 22.7. The van der Waals surface area contributed by atoms with Gasteiger partial charge in [0.25, 0.3) is 0 Å². The first kappa shape index (κ1) is 68.8. The highest BCUT2D eigenvalue weighted by atomic mass is 16.7. The van der Waals surface area contributed by atoms with E-state index in [1.54, 1.807) is 6.08 Å². The largest absolute Gasteiger partial charge is 0.394 e. The van der Waals surface area contributed by atoms with Crippen LogP contribution in [0.4, 0.5) is 0 Å². The first-order chi connectivity index (χ1) is 36.6. The van der Waals surface area contributed by atoms with Crippen molar-refractivity contribution in [1.29, 1.82) is 0 Å². The van der Waals surface area contributed by atoms with Crippen molar-refractivity contribution in [3.05, 3.63) is 60.8 Å². The van der Waals surface area contributed by atoms with E-state index in [0.29, 0.717) is 12.8 Å². The molecule has 2 heterocycles. The van der Waals surface area contributed by atoms with Crippen molar-refractivity contribution in [3.63, 3.8) is 0 Å². The van der Waals surface area contributed by atoms with Gasteiger partial charge in [-0.3, -0.25) is 4.79 Å². The molecular formula is C61H109NO13. The summed E-state index contributed by atoms with van der Waals surface area (Å²) in [5.41, 5.74) is 0. The van der Waals surface area contributed by atoms with Gasteiger partial charge in [0.2, 0.25) is 5.91 Å². The molecule has 2 aliphatic rings. The Morgan fingerprint density at radius 2 is 0.933 bits per heavy atom. The molecule has 0 bridgehead atoms. The Labute approximate surface area is 454 Å². The van der Waals surface area contributed by atoms with Crippen molar-refractivity contribution in [2.45, 2.75) is 299 Å². The summed E-state index contributed by atoms with van der Waals surface area (Å²) in [7, 11) is 0. The molecule has 0 spiro atoms. The smallest absolute Gasteiger partial charge is 0.220 e. The second-order valence-corrected chi connectivity index (χ2v) is 21.1. The van der Waals surface area contributed by atoms with Crippen LogP contribution in [0.1, 0.15) is 226 Å². The molecule has 1 amide bonds. The summed E-state index contributed by atoms with van der Waals surface area (Å²) in [6, 6.07) is -0.943. The first-order valence-electron chi connectivity index (χ1n) is 30.0. The Morgan fingerprint density at radius 1 is 0.493 bits per heavy atom. The summed E-state index contributed by atoms with van der Waals surface area (Å²) in [6.07, 6.45) is 42.7. The lowest BCUT2D eigenvalue weighted by molar-refractivity contribution is -0.359. The van der Waals surface area contributed by atoms with Crippen LogP contribution in [0.2, 0.25) is 0 Å². The lowest BCUT2D eigenvalue weighted by atomic mass is 9.97. The van der Waals surface area contributed by atoms with Crippen LogP contribution in [0, 0.1) is 0 Å². The van der Waals surface area contributed by atoms with Crippen LogP contribution in [-0.4, -0.2) is 140 Å². The van der Waals surface area contributed by atoms with Crippen LogP contribution in [0.5, 0.6) is 0 Å². The number of unbranched alkanes of at least 4 members (excludes halogenated alkanes) is 26. The Hall–Kier alpha value is -2.31. The number of allylic oxidation sites excluding steroid dienone is 9. The minimum absolute atomic E-state index is 0.252. The molecule has 2 saturated heterocycles. The fourth-order valence-corrected chi connectivity index (χ4v) is 9.62. The lowest BCUT2D eigenvalue weighted by Gasteiger charge is -2.46. The lowest BCUT2D eigenvalue weighted by Crippen LogP contribution is -2.65. The van der Waals surface area contributed by atoms with Crippen LogP contribution in [0.3, 0.4) is 0 Å².